The van der Waals surface area contributed by atoms with Crippen LogP contribution in [0.2, 0.25) is 0 Å². The number of thioether (sulfide) groups is 1. The zero-order valence-electron chi connectivity index (χ0n) is 20.9. The van der Waals surface area contributed by atoms with Gasteiger partial charge in [0.1, 0.15) is 18.0 Å². The van der Waals surface area contributed by atoms with E-state index in [2.05, 4.69) is 10.1 Å². The molecule has 3 rings (SSSR count). The Hall–Kier alpha value is -2.17. The number of nitrogens with zero attached hydrogens (tertiary/aromatic N) is 1. The molecule has 36 heavy (non-hydrogen) atoms. The second kappa shape index (κ2) is 13.9. The van der Waals surface area contributed by atoms with Gasteiger partial charge in [0.05, 0.1) is 18.8 Å². The van der Waals surface area contributed by atoms with Crippen molar-refractivity contribution in [1.82, 2.24) is 14.6 Å². The number of para-hydroxylation sites is 1. The Morgan fingerprint density at radius 2 is 2.03 bits per heavy atom. The highest BCUT2D eigenvalue weighted by Crippen LogP contribution is 2.39. The normalized spacial score (nSPS) is 21.3. The molecule has 0 bridgehead atoms. The summed E-state index contributed by atoms with van der Waals surface area (Å²) in [6, 6.07) is 9.93. The number of carbonyl (C=O) groups is 1. The van der Waals surface area contributed by atoms with E-state index in [0.717, 1.165) is 5.75 Å². The summed E-state index contributed by atoms with van der Waals surface area (Å²) >= 11 is 1.64. The molecule has 1 aromatic carbocycles. The van der Waals surface area contributed by atoms with Crippen LogP contribution in [-0.4, -0.2) is 52.4 Å². The van der Waals surface area contributed by atoms with E-state index in [4.69, 9.17) is 18.5 Å². The van der Waals surface area contributed by atoms with Crippen molar-refractivity contribution in [3.63, 3.8) is 0 Å². The maximum Gasteiger partial charge on any atom is 0.330 e. The Kier molecular flexibility index (Phi) is 11.0. The Balaban J connectivity index is 1.69. The Bertz CT molecular complexity index is 1080. The molecule has 1 aromatic heterocycles. The lowest BCUT2D eigenvalue weighted by Gasteiger charge is -2.25. The Morgan fingerprint density at radius 3 is 2.69 bits per heavy atom. The lowest BCUT2D eigenvalue weighted by Crippen LogP contribution is -2.38. The van der Waals surface area contributed by atoms with E-state index in [1.54, 1.807) is 11.8 Å². The topological polar surface area (TPSA) is 121 Å². The van der Waals surface area contributed by atoms with Gasteiger partial charge in [0.15, 0.2) is 0 Å². The monoisotopic (exact) mass is 539 g/mol. The number of ether oxygens (including phenoxy) is 2. The molecule has 1 aliphatic rings. The van der Waals surface area contributed by atoms with E-state index in [1.807, 2.05) is 57.4 Å². The minimum atomic E-state index is -1.72. The van der Waals surface area contributed by atoms with E-state index < -0.39 is 32.0 Å². The molecule has 1 aliphatic heterocycles. The zero-order chi connectivity index (χ0) is 26.1. The first kappa shape index (κ1) is 28.4. The third kappa shape index (κ3) is 8.45. The fourth-order valence-electron chi connectivity index (χ4n) is 3.72. The SMILES string of the molecule is CSCCC(NP(OCC1CC(C)C(n2ccc(=O)[nH]c2=O)O1)Oc1ccccc1)C(=O)OC(C)C. The van der Waals surface area contributed by atoms with Crippen molar-refractivity contribution >= 4 is 26.3 Å². The first-order valence-corrected chi connectivity index (χ1v) is 14.4. The van der Waals surface area contributed by atoms with Gasteiger partial charge in [-0.2, -0.15) is 11.8 Å². The molecule has 5 unspecified atom stereocenters. The van der Waals surface area contributed by atoms with Gasteiger partial charge in [-0.05, 0) is 50.8 Å². The zero-order valence-corrected chi connectivity index (χ0v) is 22.6. The summed E-state index contributed by atoms with van der Waals surface area (Å²) in [6.07, 6.45) is 3.56. The molecule has 10 nitrogen and oxygen atoms in total. The highest BCUT2D eigenvalue weighted by atomic mass is 32.2. The third-order valence-corrected chi connectivity index (χ3v) is 7.32. The molecule has 0 aliphatic carbocycles. The molecule has 0 spiro atoms. The van der Waals surface area contributed by atoms with Gasteiger partial charge in [-0.1, -0.05) is 25.1 Å². The van der Waals surface area contributed by atoms with Crippen molar-refractivity contribution < 1.29 is 23.3 Å². The van der Waals surface area contributed by atoms with Crippen molar-refractivity contribution in [2.24, 2.45) is 5.92 Å². The molecule has 1 saturated heterocycles. The van der Waals surface area contributed by atoms with Crippen LogP contribution < -0.4 is 20.9 Å². The maximum atomic E-state index is 12.7. The number of carbonyl (C=O) groups excluding carboxylic acids is 1. The average Bonchev–Trinajstić information content (AvgIpc) is 3.20. The van der Waals surface area contributed by atoms with Gasteiger partial charge in [0.25, 0.3) is 5.56 Å². The highest BCUT2D eigenvalue weighted by molar-refractivity contribution is 7.98. The largest absolute Gasteiger partial charge is 0.462 e. The smallest absolute Gasteiger partial charge is 0.330 e. The summed E-state index contributed by atoms with van der Waals surface area (Å²) in [4.78, 5) is 38.6. The van der Waals surface area contributed by atoms with Crippen LogP contribution >= 0.6 is 20.3 Å². The number of rotatable bonds is 13. The van der Waals surface area contributed by atoms with Crippen molar-refractivity contribution in [3.05, 3.63) is 63.4 Å². The molecule has 0 radical (unpaired) electrons. The quantitative estimate of drug-likeness (QED) is 0.291. The molecule has 12 heteroatoms. The van der Waals surface area contributed by atoms with Crippen molar-refractivity contribution in [2.45, 2.75) is 58.1 Å². The number of benzene rings is 1. The van der Waals surface area contributed by atoms with Crippen molar-refractivity contribution in [1.29, 1.82) is 0 Å². The van der Waals surface area contributed by atoms with Gasteiger partial charge < -0.3 is 18.5 Å². The van der Waals surface area contributed by atoms with Gasteiger partial charge in [-0.15, -0.1) is 0 Å². The molecular formula is C24H34N3O7PS. The van der Waals surface area contributed by atoms with Crippen LogP contribution in [-0.2, 0) is 18.8 Å². The predicted molar refractivity (Wildman–Crippen MR) is 140 cm³/mol. The minimum Gasteiger partial charge on any atom is -0.462 e. The molecule has 2 heterocycles. The molecule has 198 valence electrons. The maximum absolute atomic E-state index is 12.7. The standard InChI is InChI=1S/C24H34N3O7PS/c1-16(2)32-23(29)20(11-13-36-4)26-35(34-18-8-6-5-7-9-18)31-15-19-14-17(3)22(33-19)27-12-10-21(28)25-24(27)30/h5-10,12,16-17,19-20,22,26H,11,13-15H2,1-4H3,(H,25,28,30). The number of nitrogens with one attached hydrogen (secondary N) is 2. The van der Waals surface area contributed by atoms with Crippen LogP contribution in [0.4, 0.5) is 0 Å². The van der Waals surface area contributed by atoms with Crippen LogP contribution in [0.5, 0.6) is 5.75 Å². The predicted octanol–water partition coefficient (Wildman–Crippen LogP) is 3.45. The van der Waals surface area contributed by atoms with E-state index in [1.165, 1.54) is 16.8 Å². The van der Waals surface area contributed by atoms with E-state index in [9.17, 15) is 14.4 Å². The van der Waals surface area contributed by atoms with Gasteiger partial charge in [0, 0.05) is 18.2 Å². The second-order valence-electron chi connectivity index (χ2n) is 8.79. The van der Waals surface area contributed by atoms with Gasteiger partial charge in [0.2, 0.25) is 0 Å². The minimum absolute atomic E-state index is 0.0202. The summed E-state index contributed by atoms with van der Waals surface area (Å²) in [7, 11) is -1.72. The van der Waals surface area contributed by atoms with Crippen molar-refractivity contribution in [2.75, 3.05) is 18.6 Å². The van der Waals surface area contributed by atoms with E-state index >= 15 is 0 Å². The van der Waals surface area contributed by atoms with Gasteiger partial charge in [-0.3, -0.25) is 19.1 Å². The molecule has 0 amide bonds. The Labute approximate surface area is 216 Å². The van der Waals surface area contributed by atoms with E-state index in [-0.39, 0.29) is 30.7 Å². The molecule has 2 aromatic rings. The van der Waals surface area contributed by atoms with E-state index in [0.29, 0.717) is 18.6 Å². The van der Waals surface area contributed by atoms with Crippen LogP contribution in [0.1, 0.15) is 39.8 Å². The first-order chi connectivity index (χ1) is 17.3. The molecule has 0 saturated carbocycles. The number of H-pyrrole nitrogens is 1. The highest BCUT2D eigenvalue weighted by Gasteiger charge is 2.35. The number of aromatic nitrogens is 2. The van der Waals surface area contributed by atoms with Gasteiger partial charge in [-0.25, -0.2) is 9.88 Å². The molecule has 2 N–H and O–H groups in total. The van der Waals surface area contributed by atoms with Crippen LogP contribution in [0.25, 0.3) is 0 Å². The fourth-order valence-corrected chi connectivity index (χ4v) is 5.48. The number of aromatic amines is 1. The van der Waals surface area contributed by atoms with Gasteiger partial charge >= 0.3 is 20.2 Å². The lowest BCUT2D eigenvalue weighted by atomic mass is 10.1. The fraction of sp³-hybridized carbons (Fsp3) is 0.542. The third-order valence-electron chi connectivity index (χ3n) is 5.40. The number of hydrogen-bond acceptors (Lipinski definition) is 9. The Morgan fingerprint density at radius 1 is 1.28 bits per heavy atom. The van der Waals surface area contributed by atoms with Crippen LogP contribution in [0.3, 0.4) is 0 Å². The molecule has 1 fully saturated rings. The number of esters is 1. The second-order valence-corrected chi connectivity index (χ2v) is 11.0. The average molecular weight is 540 g/mol. The summed E-state index contributed by atoms with van der Waals surface area (Å²) in [6.45, 7) is 5.79. The van der Waals surface area contributed by atoms with Crippen molar-refractivity contribution in [3.8, 4) is 5.75 Å². The summed E-state index contributed by atoms with van der Waals surface area (Å²) in [5.41, 5.74) is -0.971. The first-order valence-electron chi connectivity index (χ1n) is 11.9. The summed E-state index contributed by atoms with van der Waals surface area (Å²) in [5.74, 6) is 1.04. The van der Waals surface area contributed by atoms with Crippen LogP contribution in [0, 0.1) is 5.92 Å². The summed E-state index contributed by atoms with van der Waals surface area (Å²) in [5, 5.41) is 3.22. The molecule has 5 atom stereocenters. The molecular weight excluding hydrogens is 505 g/mol. The van der Waals surface area contributed by atoms with Crippen LogP contribution in [0.15, 0.2) is 52.2 Å². The number of hydrogen-bond donors (Lipinski definition) is 2. The summed E-state index contributed by atoms with van der Waals surface area (Å²) < 4.78 is 25.1. The lowest BCUT2D eigenvalue weighted by molar-refractivity contribution is -0.149.